The molecule has 0 fully saturated rings. The van der Waals surface area contributed by atoms with Crippen molar-refractivity contribution in [3.05, 3.63) is 113 Å². The molecule has 0 bridgehead atoms. The van der Waals surface area contributed by atoms with Gasteiger partial charge >= 0.3 is 0 Å². The third-order valence-electron chi connectivity index (χ3n) is 5.75. The summed E-state index contributed by atoms with van der Waals surface area (Å²) in [6, 6.07) is 21.9. The van der Waals surface area contributed by atoms with E-state index in [0.717, 1.165) is 4.90 Å². The summed E-state index contributed by atoms with van der Waals surface area (Å²) in [5.41, 5.74) is 2.10. The Balaban J connectivity index is 1.27. The second-order valence-electron chi connectivity index (χ2n) is 8.14. The molecule has 8 heteroatoms. The van der Waals surface area contributed by atoms with Crippen molar-refractivity contribution < 1.29 is 23.6 Å². The third kappa shape index (κ3) is 4.46. The highest BCUT2D eigenvalue weighted by molar-refractivity contribution is 8.00. The first-order chi connectivity index (χ1) is 17.4. The quantitative estimate of drug-likeness (QED) is 0.304. The maximum Gasteiger partial charge on any atom is 0.291 e. The van der Waals surface area contributed by atoms with Gasteiger partial charge in [-0.15, -0.1) is 11.8 Å². The summed E-state index contributed by atoms with van der Waals surface area (Å²) in [5.74, 6) is -0.968. The Morgan fingerprint density at radius 1 is 0.778 bits per heavy atom. The number of hydrogen-bond acceptors (Lipinski definition) is 6. The van der Waals surface area contributed by atoms with Gasteiger partial charge in [-0.25, -0.2) is 0 Å². The molecule has 1 aliphatic carbocycles. The monoisotopic (exact) mass is 496 g/mol. The first-order valence-electron chi connectivity index (χ1n) is 11.2. The summed E-state index contributed by atoms with van der Waals surface area (Å²) in [6.45, 7) is 1.75. The van der Waals surface area contributed by atoms with Crippen LogP contribution in [-0.2, 0) is 4.79 Å². The van der Waals surface area contributed by atoms with Crippen LogP contribution in [0.15, 0.2) is 94.4 Å². The van der Waals surface area contributed by atoms with Crippen molar-refractivity contribution in [2.45, 2.75) is 17.1 Å². The molecule has 5 rings (SSSR count). The van der Waals surface area contributed by atoms with Crippen LogP contribution in [0.2, 0.25) is 0 Å². The summed E-state index contributed by atoms with van der Waals surface area (Å²) in [7, 11) is 0. The van der Waals surface area contributed by atoms with Crippen molar-refractivity contribution in [2.75, 3.05) is 10.6 Å². The van der Waals surface area contributed by atoms with Crippen molar-refractivity contribution in [3.8, 4) is 0 Å². The molecule has 0 saturated carbocycles. The highest BCUT2D eigenvalue weighted by Crippen LogP contribution is 2.33. The zero-order chi connectivity index (χ0) is 25.2. The van der Waals surface area contributed by atoms with Crippen LogP contribution in [0.25, 0.3) is 0 Å². The normalized spacial score (nSPS) is 12.9. The van der Waals surface area contributed by atoms with E-state index in [9.17, 15) is 19.2 Å². The van der Waals surface area contributed by atoms with Gasteiger partial charge in [-0.05, 0) is 49.4 Å². The predicted molar refractivity (Wildman–Crippen MR) is 137 cm³/mol. The van der Waals surface area contributed by atoms with E-state index in [-0.39, 0.29) is 40.3 Å². The molecule has 1 aromatic heterocycles. The molecule has 1 aliphatic rings. The van der Waals surface area contributed by atoms with Gasteiger partial charge in [-0.3, -0.25) is 19.2 Å². The lowest BCUT2D eigenvalue weighted by Gasteiger charge is -2.21. The molecule has 2 amide bonds. The first kappa shape index (κ1) is 23.3. The largest absolute Gasteiger partial charge is 0.459 e. The molecule has 3 aromatic carbocycles. The van der Waals surface area contributed by atoms with Crippen LogP contribution in [0.1, 0.15) is 49.3 Å². The number of furan rings is 1. The van der Waals surface area contributed by atoms with E-state index >= 15 is 0 Å². The number of nitrogens with one attached hydrogen (secondary N) is 2. The van der Waals surface area contributed by atoms with E-state index in [1.165, 1.54) is 18.0 Å². The number of carbonyl (C=O) groups is 4. The van der Waals surface area contributed by atoms with Gasteiger partial charge < -0.3 is 15.1 Å². The number of anilines is 2. The summed E-state index contributed by atoms with van der Waals surface area (Å²) in [4.78, 5) is 52.0. The predicted octanol–water partition coefficient (Wildman–Crippen LogP) is 5.43. The lowest BCUT2D eigenvalue weighted by Crippen LogP contribution is -2.27. The van der Waals surface area contributed by atoms with Crippen LogP contribution in [0.5, 0.6) is 0 Å². The molecule has 178 valence electrons. The average molecular weight is 497 g/mol. The molecule has 4 aromatic rings. The summed E-state index contributed by atoms with van der Waals surface area (Å²) in [6.07, 6.45) is 1.43. The van der Waals surface area contributed by atoms with Gasteiger partial charge in [-0.2, -0.15) is 0 Å². The fourth-order valence-electron chi connectivity index (χ4n) is 3.96. The van der Waals surface area contributed by atoms with Gasteiger partial charge in [0.05, 0.1) is 22.8 Å². The highest BCUT2D eigenvalue weighted by Gasteiger charge is 2.32. The zero-order valence-electron chi connectivity index (χ0n) is 19.1. The van der Waals surface area contributed by atoms with Crippen molar-refractivity contribution in [3.63, 3.8) is 0 Å². The Kier molecular flexibility index (Phi) is 6.26. The minimum absolute atomic E-state index is 0.211. The van der Waals surface area contributed by atoms with Crippen molar-refractivity contribution in [2.24, 2.45) is 0 Å². The van der Waals surface area contributed by atoms with E-state index in [2.05, 4.69) is 10.6 Å². The SMILES string of the molecule is CC(Sc1ccc(NC(=O)c2ccco2)cc1)C(=O)Nc1cccc2c1C(=O)c1ccccc1C2=O. The number of ketones is 2. The number of carbonyl (C=O) groups excluding carboxylic acids is 4. The molecule has 1 heterocycles. The second kappa shape index (κ2) is 9.67. The minimum atomic E-state index is -0.494. The standard InChI is InChI=1S/C28H20N2O5S/c1-16(36-18-13-11-17(12-14-18)29-28(34)23-10-5-15-35-23)27(33)30-22-9-4-8-21-24(22)26(32)20-7-3-2-6-19(20)25(21)31/h2-16H,1H3,(H,29,34)(H,30,33). The van der Waals surface area contributed by atoms with Crippen LogP contribution in [-0.4, -0.2) is 28.6 Å². The molecule has 0 spiro atoms. The zero-order valence-corrected chi connectivity index (χ0v) is 19.9. The first-order valence-corrected chi connectivity index (χ1v) is 12.0. The van der Waals surface area contributed by atoms with E-state index in [4.69, 9.17) is 4.42 Å². The average Bonchev–Trinajstić information content (AvgIpc) is 3.44. The number of benzene rings is 3. The van der Waals surface area contributed by atoms with Crippen LogP contribution < -0.4 is 10.6 Å². The number of hydrogen-bond donors (Lipinski definition) is 2. The Morgan fingerprint density at radius 3 is 2.17 bits per heavy atom. The van der Waals surface area contributed by atoms with Gasteiger partial charge in [0.1, 0.15) is 0 Å². The van der Waals surface area contributed by atoms with Crippen molar-refractivity contribution >= 4 is 46.5 Å². The maximum atomic E-state index is 13.2. The molecule has 7 nitrogen and oxygen atoms in total. The molecular weight excluding hydrogens is 476 g/mol. The Morgan fingerprint density at radius 2 is 1.47 bits per heavy atom. The summed E-state index contributed by atoms with van der Waals surface area (Å²) >= 11 is 1.33. The maximum absolute atomic E-state index is 13.2. The highest BCUT2D eigenvalue weighted by atomic mass is 32.2. The molecule has 36 heavy (non-hydrogen) atoms. The van der Waals surface area contributed by atoms with Gasteiger partial charge in [-0.1, -0.05) is 36.4 Å². The van der Waals surface area contributed by atoms with Gasteiger partial charge in [0.2, 0.25) is 5.91 Å². The fraction of sp³-hybridized carbons (Fsp3) is 0.0714. The topological polar surface area (TPSA) is 105 Å². The molecule has 0 aliphatic heterocycles. The van der Waals surface area contributed by atoms with Gasteiger partial charge in [0, 0.05) is 27.3 Å². The van der Waals surface area contributed by atoms with E-state index in [1.807, 2.05) is 0 Å². The Bertz CT molecular complexity index is 1490. The lowest BCUT2D eigenvalue weighted by atomic mass is 9.83. The minimum Gasteiger partial charge on any atom is -0.459 e. The number of thioether (sulfide) groups is 1. The Hall–Kier alpha value is -4.43. The van der Waals surface area contributed by atoms with E-state index in [0.29, 0.717) is 22.5 Å². The molecule has 0 saturated heterocycles. The van der Waals surface area contributed by atoms with Crippen LogP contribution in [0.3, 0.4) is 0 Å². The smallest absolute Gasteiger partial charge is 0.291 e. The number of rotatable bonds is 6. The molecule has 1 atom stereocenters. The van der Waals surface area contributed by atoms with Gasteiger partial charge in [0.15, 0.2) is 17.3 Å². The molecule has 1 unspecified atom stereocenters. The molecule has 2 N–H and O–H groups in total. The van der Waals surface area contributed by atoms with Gasteiger partial charge in [0.25, 0.3) is 5.91 Å². The summed E-state index contributed by atoms with van der Waals surface area (Å²) < 4.78 is 5.08. The second-order valence-corrected chi connectivity index (χ2v) is 9.55. The van der Waals surface area contributed by atoms with Crippen LogP contribution in [0, 0.1) is 0 Å². The fourth-order valence-corrected chi connectivity index (χ4v) is 4.83. The van der Waals surface area contributed by atoms with Crippen molar-refractivity contribution in [1.29, 1.82) is 0 Å². The number of amides is 2. The molecular formula is C28H20N2O5S. The van der Waals surface area contributed by atoms with Crippen LogP contribution in [0.4, 0.5) is 11.4 Å². The Labute approximate surface area is 210 Å². The van der Waals surface area contributed by atoms with Crippen molar-refractivity contribution in [1.82, 2.24) is 0 Å². The van der Waals surface area contributed by atoms with E-state index < -0.39 is 5.25 Å². The summed E-state index contributed by atoms with van der Waals surface area (Å²) in [5, 5.41) is 5.07. The molecule has 0 radical (unpaired) electrons. The number of fused-ring (bicyclic) bond motifs is 2. The lowest BCUT2D eigenvalue weighted by molar-refractivity contribution is -0.115. The van der Waals surface area contributed by atoms with Crippen LogP contribution >= 0.6 is 11.8 Å². The van der Waals surface area contributed by atoms with E-state index in [1.54, 1.807) is 85.8 Å². The third-order valence-corrected chi connectivity index (χ3v) is 6.86.